The second kappa shape index (κ2) is 12.3. The number of rotatable bonds is 6. The third-order valence-electron chi connectivity index (χ3n) is 11.2. The van der Waals surface area contributed by atoms with E-state index in [4.69, 9.17) is 0 Å². The summed E-state index contributed by atoms with van der Waals surface area (Å²) in [5.74, 6) is 0. The Kier molecular flexibility index (Phi) is 7.19. The lowest BCUT2D eigenvalue weighted by Gasteiger charge is -2.30. The summed E-state index contributed by atoms with van der Waals surface area (Å²) in [4.78, 5) is 4.84. The maximum absolute atomic E-state index is 2.47. The van der Waals surface area contributed by atoms with Gasteiger partial charge in [-0.25, -0.2) is 0 Å². The number of para-hydroxylation sites is 2. The molecular formula is C51H38N2. The number of fused-ring (bicyclic) bond motifs is 7. The van der Waals surface area contributed by atoms with E-state index < -0.39 is 0 Å². The Bertz CT molecular complexity index is 2820. The SMILES string of the molecule is CC1(C)c2cc(N(c3ccccc3)c3ccc4ccccc4c3)ccc2-c2c1cc(N(c1ccccc1)c1ccc3ccccc3c1)c1ccccc21. The zero-order valence-corrected chi connectivity index (χ0v) is 29.9. The van der Waals surface area contributed by atoms with Crippen LogP contribution in [0.4, 0.5) is 34.1 Å². The molecule has 10 rings (SSSR count). The molecule has 252 valence electrons. The van der Waals surface area contributed by atoms with E-state index in [2.05, 4.69) is 218 Å². The third-order valence-corrected chi connectivity index (χ3v) is 11.2. The van der Waals surface area contributed by atoms with Gasteiger partial charge in [0, 0.05) is 39.2 Å². The topological polar surface area (TPSA) is 6.48 Å². The smallest absolute Gasteiger partial charge is 0.0543 e. The number of benzene rings is 9. The average Bonchev–Trinajstić information content (AvgIpc) is 3.44. The Hall–Kier alpha value is -6.64. The van der Waals surface area contributed by atoms with Crippen LogP contribution in [-0.2, 0) is 5.41 Å². The van der Waals surface area contributed by atoms with Crippen LogP contribution in [0.15, 0.2) is 194 Å². The molecule has 0 unspecified atom stereocenters. The fourth-order valence-corrected chi connectivity index (χ4v) is 8.54. The minimum Gasteiger partial charge on any atom is -0.310 e. The molecule has 0 saturated heterocycles. The molecule has 0 radical (unpaired) electrons. The van der Waals surface area contributed by atoms with Crippen LogP contribution in [0.3, 0.4) is 0 Å². The first kappa shape index (κ1) is 31.1. The van der Waals surface area contributed by atoms with Gasteiger partial charge in [0.25, 0.3) is 0 Å². The van der Waals surface area contributed by atoms with Gasteiger partial charge in [0.1, 0.15) is 0 Å². The zero-order valence-electron chi connectivity index (χ0n) is 29.9. The predicted molar refractivity (Wildman–Crippen MR) is 226 cm³/mol. The van der Waals surface area contributed by atoms with Crippen molar-refractivity contribution in [1.29, 1.82) is 0 Å². The molecule has 0 atom stereocenters. The number of anilines is 6. The van der Waals surface area contributed by atoms with Crippen LogP contribution in [0.25, 0.3) is 43.4 Å². The lowest BCUT2D eigenvalue weighted by molar-refractivity contribution is 0.661. The highest BCUT2D eigenvalue weighted by atomic mass is 15.1. The molecule has 0 fully saturated rings. The molecule has 0 spiro atoms. The Morgan fingerprint density at radius 2 is 0.811 bits per heavy atom. The van der Waals surface area contributed by atoms with Gasteiger partial charge in [0.15, 0.2) is 0 Å². The van der Waals surface area contributed by atoms with E-state index in [1.54, 1.807) is 0 Å². The van der Waals surface area contributed by atoms with E-state index in [0.717, 1.165) is 28.4 Å². The maximum atomic E-state index is 2.47. The molecular weight excluding hydrogens is 641 g/mol. The highest BCUT2D eigenvalue weighted by Gasteiger charge is 2.38. The van der Waals surface area contributed by atoms with Crippen molar-refractivity contribution < 1.29 is 0 Å². The fraction of sp³-hybridized carbons (Fsp3) is 0.0588. The molecule has 0 amide bonds. The van der Waals surface area contributed by atoms with Crippen molar-refractivity contribution in [3.05, 3.63) is 205 Å². The summed E-state index contributed by atoms with van der Waals surface area (Å²) in [5, 5.41) is 7.45. The molecule has 53 heavy (non-hydrogen) atoms. The van der Waals surface area contributed by atoms with Gasteiger partial charge in [0.2, 0.25) is 0 Å². The molecule has 0 bridgehead atoms. The molecule has 1 aliphatic carbocycles. The molecule has 0 N–H and O–H groups in total. The van der Waals surface area contributed by atoms with Crippen LogP contribution in [0.1, 0.15) is 25.0 Å². The summed E-state index contributed by atoms with van der Waals surface area (Å²) in [6.45, 7) is 4.79. The van der Waals surface area contributed by atoms with Gasteiger partial charge in [0.05, 0.1) is 5.69 Å². The summed E-state index contributed by atoms with van der Waals surface area (Å²) in [6, 6.07) is 70.9. The first-order valence-corrected chi connectivity index (χ1v) is 18.4. The minimum atomic E-state index is -0.253. The van der Waals surface area contributed by atoms with Crippen molar-refractivity contribution in [3.8, 4) is 11.1 Å². The van der Waals surface area contributed by atoms with E-state index >= 15 is 0 Å². The quantitative estimate of drug-likeness (QED) is 0.173. The van der Waals surface area contributed by atoms with E-state index in [1.165, 1.54) is 60.3 Å². The minimum absolute atomic E-state index is 0.253. The molecule has 2 nitrogen and oxygen atoms in total. The standard InChI is InChI=1S/C51H38N2/c1-51(2)47-33-43(52(39-19-5-3-6-20-39)41-27-25-35-15-9-11-17-37(35)31-41)29-30-46(47)50-45-24-14-13-23-44(45)49(34-48(50)51)53(40-21-7-4-8-22-40)42-28-26-36-16-10-12-18-38(36)32-42/h3-34H,1-2H3. The van der Waals surface area contributed by atoms with Crippen LogP contribution in [0.5, 0.6) is 0 Å². The summed E-state index contributed by atoms with van der Waals surface area (Å²) in [5.41, 5.74) is 12.0. The Labute approximate surface area is 310 Å². The molecule has 0 heterocycles. The largest absolute Gasteiger partial charge is 0.310 e. The van der Waals surface area contributed by atoms with Crippen LogP contribution in [0, 0.1) is 0 Å². The molecule has 9 aromatic rings. The number of hydrogen-bond acceptors (Lipinski definition) is 2. The van der Waals surface area contributed by atoms with Crippen molar-refractivity contribution in [2.45, 2.75) is 19.3 Å². The molecule has 1 aliphatic rings. The second-order valence-electron chi connectivity index (χ2n) is 14.6. The molecule has 0 aromatic heterocycles. The Morgan fingerprint density at radius 3 is 1.43 bits per heavy atom. The molecule has 9 aromatic carbocycles. The molecule has 2 heteroatoms. The number of nitrogens with zero attached hydrogens (tertiary/aromatic N) is 2. The predicted octanol–water partition coefficient (Wildman–Crippen LogP) is 14.4. The third kappa shape index (κ3) is 5.10. The monoisotopic (exact) mass is 678 g/mol. The van der Waals surface area contributed by atoms with Crippen molar-refractivity contribution in [3.63, 3.8) is 0 Å². The van der Waals surface area contributed by atoms with Gasteiger partial charge in [-0.2, -0.15) is 0 Å². The van der Waals surface area contributed by atoms with E-state index in [-0.39, 0.29) is 5.41 Å². The highest BCUT2D eigenvalue weighted by molar-refractivity contribution is 6.10. The lowest BCUT2D eigenvalue weighted by Crippen LogP contribution is -2.18. The maximum Gasteiger partial charge on any atom is 0.0543 e. The first-order valence-electron chi connectivity index (χ1n) is 18.4. The fourth-order valence-electron chi connectivity index (χ4n) is 8.54. The van der Waals surface area contributed by atoms with Gasteiger partial charge < -0.3 is 9.80 Å². The Balaban J connectivity index is 1.17. The van der Waals surface area contributed by atoms with Crippen LogP contribution in [0.2, 0.25) is 0 Å². The van der Waals surface area contributed by atoms with Gasteiger partial charge in [-0.1, -0.05) is 141 Å². The van der Waals surface area contributed by atoms with Crippen molar-refractivity contribution in [2.24, 2.45) is 0 Å². The van der Waals surface area contributed by atoms with Gasteiger partial charge in [-0.3, -0.25) is 0 Å². The molecule has 0 saturated carbocycles. The van der Waals surface area contributed by atoms with Crippen LogP contribution < -0.4 is 9.80 Å². The lowest BCUT2D eigenvalue weighted by atomic mass is 9.81. The summed E-state index contributed by atoms with van der Waals surface area (Å²) < 4.78 is 0. The second-order valence-corrected chi connectivity index (χ2v) is 14.6. The van der Waals surface area contributed by atoms with Crippen molar-refractivity contribution >= 4 is 66.4 Å². The van der Waals surface area contributed by atoms with Gasteiger partial charge in [-0.05, 0) is 116 Å². The van der Waals surface area contributed by atoms with Crippen LogP contribution >= 0.6 is 0 Å². The van der Waals surface area contributed by atoms with Crippen molar-refractivity contribution in [2.75, 3.05) is 9.80 Å². The van der Waals surface area contributed by atoms with Crippen molar-refractivity contribution in [1.82, 2.24) is 0 Å². The van der Waals surface area contributed by atoms with E-state index in [9.17, 15) is 0 Å². The Morgan fingerprint density at radius 1 is 0.340 bits per heavy atom. The first-order chi connectivity index (χ1) is 26.0. The highest BCUT2D eigenvalue weighted by Crippen LogP contribution is 2.55. The van der Waals surface area contributed by atoms with E-state index in [0.29, 0.717) is 0 Å². The average molecular weight is 679 g/mol. The summed E-state index contributed by atoms with van der Waals surface area (Å²) in [7, 11) is 0. The number of hydrogen-bond donors (Lipinski definition) is 0. The summed E-state index contributed by atoms with van der Waals surface area (Å²) in [6.07, 6.45) is 0. The van der Waals surface area contributed by atoms with E-state index in [1.807, 2.05) is 0 Å². The summed E-state index contributed by atoms with van der Waals surface area (Å²) >= 11 is 0. The van der Waals surface area contributed by atoms with Gasteiger partial charge >= 0.3 is 0 Å². The zero-order chi connectivity index (χ0) is 35.5. The van der Waals surface area contributed by atoms with Gasteiger partial charge in [-0.15, -0.1) is 0 Å². The van der Waals surface area contributed by atoms with Crippen LogP contribution in [-0.4, -0.2) is 0 Å². The normalized spacial score (nSPS) is 12.9. The molecule has 0 aliphatic heterocycles.